The number of nitrogens with zero attached hydrogens (tertiary/aromatic N) is 5. The van der Waals surface area contributed by atoms with Crippen LogP contribution >= 0.6 is 11.8 Å². The molecule has 0 saturated heterocycles. The number of carbonyl (C=O) groups is 1. The van der Waals surface area contributed by atoms with Gasteiger partial charge in [0, 0.05) is 28.8 Å². The van der Waals surface area contributed by atoms with E-state index < -0.39 is 0 Å². The Bertz CT molecular complexity index is 1090. The zero-order valence-electron chi connectivity index (χ0n) is 15.2. The summed E-state index contributed by atoms with van der Waals surface area (Å²) >= 11 is 1.66. The molecule has 4 rings (SSSR count). The van der Waals surface area contributed by atoms with Crippen LogP contribution in [-0.2, 0) is 11.3 Å². The maximum absolute atomic E-state index is 12.1. The number of rotatable bonds is 7. The fourth-order valence-corrected chi connectivity index (χ4v) is 3.53. The molecule has 0 aliphatic carbocycles. The van der Waals surface area contributed by atoms with Crippen molar-refractivity contribution in [2.24, 2.45) is 0 Å². The predicted octanol–water partition coefficient (Wildman–Crippen LogP) is 2.89. The normalized spacial score (nSPS) is 11.0. The third-order valence-corrected chi connectivity index (χ3v) is 5.05. The number of nitrogens with one attached hydrogen (secondary N) is 1. The summed E-state index contributed by atoms with van der Waals surface area (Å²) in [5, 5.41) is 15.0. The molecule has 0 atom stereocenters. The van der Waals surface area contributed by atoms with Gasteiger partial charge in [-0.05, 0) is 31.2 Å². The van der Waals surface area contributed by atoms with Crippen LogP contribution in [0, 0.1) is 6.92 Å². The third-order valence-electron chi connectivity index (χ3n) is 4.04. The highest BCUT2D eigenvalue weighted by atomic mass is 32.2. The zero-order valence-corrected chi connectivity index (χ0v) is 16.0. The molecular formula is C19H18N6O2S. The summed E-state index contributed by atoms with van der Waals surface area (Å²) in [5.74, 6) is 2.38. The summed E-state index contributed by atoms with van der Waals surface area (Å²) in [4.78, 5) is 17.5. The lowest BCUT2D eigenvalue weighted by Crippen LogP contribution is -2.24. The van der Waals surface area contributed by atoms with Gasteiger partial charge in [-0.1, -0.05) is 23.4 Å². The van der Waals surface area contributed by atoms with E-state index in [1.165, 1.54) is 0 Å². The number of aromatic nitrogens is 5. The summed E-state index contributed by atoms with van der Waals surface area (Å²) < 4.78 is 7.00. The van der Waals surface area contributed by atoms with E-state index in [1.54, 1.807) is 18.7 Å². The summed E-state index contributed by atoms with van der Waals surface area (Å²) in [6.45, 7) is 2.08. The summed E-state index contributed by atoms with van der Waals surface area (Å²) in [5.41, 5.74) is 1.42. The SMILES string of the molecule is Cc1noc(-c2ccn3c(CNC(=O)CCSc4ccccc4)nnc3c2)n1. The molecule has 9 heteroatoms. The van der Waals surface area contributed by atoms with Gasteiger partial charge < -0.3 is 9.84 Å². The Labute approximate surface area is 165 Å². The lowest BCUT2D eigenvalue weighted by molar-refractivity contribution is -0.120. The molecule has 3 aromatic heterocycles. The Morgan fingerprint density at radius 2 is 2.07 bits per heavy atom. The van der Waals surface area contributed by atoms with Crippen molar-refractivity contribution in [2.75, 3.05) is 5.75 Å². The van der Waals surface area contributed by atoms with Crippen LogP contribution in [-0.4, -0.2) is 36.4 Å². The number of aryl methyl sites for hydroxylation is 1. The maximum Gasteiger partial charge on any atom is 0.258 e. The van der Waals surface area contributed by atoms with Crippen LogP contribution in [0.4, 0.5) is 0 Å². The van der Waals surface area contributed by atoms with Gasteiger partial charge in [-0.2, -0.15) is 4.98 Å². The van der Waals surface area contributed by atoms with Gasteiger partial charge in [0.1, 0.15) is 0 Å². The quantitative estimate of drug-likeness (QED) is 0.481. The van der Waals surface area contributed by atoms with E-state index in [2.05, 4.69) is 25.7 Å². The fraction of sp³-hybridized carbons (Fsp3) is 0.211. The molecule has 142 valence electrons. The predicted molar refractivity (Wildman–Crippen MR) is 105 cm³/mol. The first-order valence-corrected chi connectivity index (χ1v) is 9.76. The molecule has 28 heavy (non-hydrogen) atoms. The molecular weight excluding hydrogens is 376 g/mol. The lowest BCUT2D eigenvalue weighted by Gasteiger charge is -2.05. The Hall–Kier alpha value is -3.20. The second kappa shape index (κ2) is 8.22. The van der Waals surface area contributed by atoms with E-state index in [4.69, 9.17) is 4.52 Å². The molecule has 1 N–H and O–H groups in total. The summed E-state index contributed by atoms with van der Waals surface area (Å²) in [6.07, 6.45) is 2.27. The van der Waals surface area contributed by atoms with E-state index in [0.717, 1.165) is 16.2 Å². The zero-order chi connectivity index (χ0) is 19.3. The molecule has 0 aliphatic heterocycles. The van der Waals surface area contributed by atoms with Gasteiger partial charge in [0.25, 0.3) is 5.89 Å². The first-order chi connectivity index (χ1) is 13.7. The van der Waals surface area contributed by atoms with Crippen molar-refractivity contribution in [2.45, 2.75) is 24.8 Å². The second-order valence-electron chi connectivity index (χ2n) is 6.09. The molecule has 0 spiro atoms. The largest absolute Gasteiger partial charge is 0.349 e. The molecule has 0 aliphatic rings. The van der Waals surface area contributed by atoms with Crippen LogP contribution in [0.15, 0.2) is 58.1 Å². The Morgan fingerprint density at radius 3 is 2.86 bits per heavy atom. The smallest absolute Gasteiger partial charge is 0.258 e. The molecule has 0 radical (unpaired) electrons. The molecule has 0 unspecified atom stereocenters. The molecule has 0 bridgehead atoms. The summed E-state index contributed by atoms with van der Waals surface area (Å²) in [6, 6.07) is 13.7. The van der Waals surface area contributed by atoms with Crippen LogP contribution < -0.4 is 5.32 Å². The molecule has 0 saturated carbocycles. The van der Waals surface area contributed by atoms with Gasteiger partial charge in [0.2, 0.25) is 5.91 Å². The lowest BCUT2D eigenvalue weighted by atomic mass is 10.2. The van der Waals surface area contributed by atoms with Crippen LogP contribution in [0.5, 0.6) is 0 Å². The van der Waals surface area contributed by atoms with Gasteiger partial charge in [-0.3, -0.25) is 9.20 Å². The number of amides is 1. The minimum absolute atomic E-state index is 0.0156. The maximum atomic E-state index is 12.1. The van der Waals surface area contributed by atoms with Crippen molar-refractivity contribution in [3.63, 3.8) is 0 Å². The third kappa shape index (κ3) is 4.20. The Kier molecular flexibility index (Phi) is 5.34. The number of fused-ring (bicyclic) bond motifs is 1. The first kappa shape index (κ1) is 18.2. The first-order valence-electron chi connectivity index (χ1n) is 8.78. The Balaban J connectivity index is 1.34. The van der Waals surface area contributed by atoms with E-state index in [0.29, 0.717) is 36.2 Å². The Morgan fingerprint density at radius 1 is 1.21 bits per heavy atom. The van der Waals surface area contributed by atoms with Crippen LogP contribution in [0.2, 0.25) is 0 Å². The highest BCUT2D eigenvalue weighted by Crippen LogP contribution is 2.19. The van der Waals surface area contributed by atoms with E-state index in [-0.39, 0.29) is 5.91 Å². The highest BCUT2D eigenvalue weighted by molar-refractivity contribution is 7.99. The van der Waals surface area contributed by atoms with Crippen molar-refractivity contribution in [1.29, 1.82) is 0 Å². The number of pyridine rings is 1. The van der Waals surface area contributed by atoms with Crippen molar-refractivity contribution in [1.82, 2.24) is 30.1 Å². The van der Waals surface area contributed by atoms with Crippen molar-refractivity contribution >= 4 is 23.3 Å². The van der Waals surface area contributed by atoms with Gasteiger partial charge in [-0.25, -0.2) is 0 Å². The average molecular weight is 394 g/mol. The molecule has 3 heterocycles. The van der Waals surface area contributed by atoms with Crippen molar-refractivity contribution in [3.05, 3.63) is 60.3 Å². The van der Waals surface area contributed by atoms with E-state index in [1.807, 2.05) is 53.1 Å². The van der Waals surface area contributed by atoms with Crippen LogP contribution in [0.25, 0.3) is 17.1 Å². The number of hydrogen-bond donors (Lipinski definition) is 1. The fourth-order valence-electron chi connectivity index (χ4n) is 2.65. The highest BCUT2D eigenvalue weighted by Gasteiger charge is 2.11. The number of hydrogen-bond acceptors (Lipinski definition) is 7. The van der Waals surface area contributed by atoms with Gasteiger partial charge in [0.05, 0.1) is 6.54 Å². The van der Waals surface area contributed by atoms with E-state index in [9.17, 15) is 4.79 Å². The minimum Gasteiger partial charge on any atom is -0.349 e. The minimum atomic E-state index is -0.0156. The molecule has 1 amide bonds. The average Bonchev–Trinajstić information content (AvgIpc) is 3.33. The number of benzene rings is 1. The van der Waals surface area contributed by atoms with Crippen LogP contribution in [0.3, 0.4) is 0 Å². The topological polar surface area (TPSA) is 98.2 Å². The van der Waals surface area contributed by atoms with E-state index >= 15 is 0 Å². The second-order valence-corrected chi connectivity index (χ2v) is 7.26. The molecule has 1 aromatic carbocycles. The van der Waals surface area contributed by atoms with Crippen molar-refractivity contribution in [3.8, 4) is 11.5 Å². The number of carbonyl (C=O) groups excluding carboxylic acids is 1. The molecule has 0 fully saturated rings. The summed E-state index contributed by atoms with van der Waals surface area (Å²) in [7, 11) is 0. The molecule has 4 aromatic rings. The van der Waals surface area contributed by atoms with Gasteiger partial charge >= 0.3 is 0 Å². The van der Waals surface area contributed by atoms with Crippen molar-refractivity contribution < 1.29 is 9.32 Å². The van der Waals surface area contributed by atoms with Gasteiger partial charge in [0.15, 0.2) is 17.3 Å². The van der Waals surface area contributed by atoms with Crippen LogP contribution in [0.1, 0.15) is 18.1 Å². The number of thioether (sulfide) groups is 1. The van der Waals surface area contributed by atoms with Gasteiger partial charge in [-0.15, -0.1) is 22.0 Å². The monoisotopic (exact) mass is 394 g/mol. The molecule has 8 nitrogen and oxygen atoms in total. The standard InChI is InChI=1S/C19H18N6O2S/c1-13-21-19(27-24-13)14-7-9-25-16(11-14)22-23-17(25)12-20-18(26)8-10-28-15-5-3-2-4-6-15/h2-7,9,11H,8,10,12H2,1H3,(H,20,26).